The third kappa shape index (κ3) is 7.58. The van der Waals surface area contributed by atoms with Crippen molar-refractivity contribution in [2.24, 2.45) is 5.10 Å². The Labute approximate surface area is 234 Å². The summed E-state index contributed by atoms with van der Waals surface area (Å²) in [6.45, 7) is 0.612. The highest BCUT2D eigenvalue weighted by Gasteiger charge is 2.13. The fourth-order valence-corrected chi connectivity index (χ4v) is 4.16. The molecule has 1 amide bonds. The first kappa shape index (κ1) is 27.7. The average Bonchev–Trinajstić information content (AvgIpc) is 2.96. The molecule has 0 aromatic heterocycles. The molecule has 4 aromatic carbocycles. The SMILES string of the molecule is COc1cc(C(=O)N/N=C/c2cc(Br)c(OCc3ccc(F)cc3)c(OC)c2)ccc1OCc1ccccc1. The Kier molecular flexibility index (Phi) is 9.53. The Morgan fingerprint density at radius 1 is 0.846 bits per heavy atom. The van der Waals surface area contributed by atoms with Crippen LogP contribution in [0.2, 0.25) is 0 Å². The molecular weight excluding hydrogens is 567 g/mol. The molecule has 0 radical (unpaired) electrons. The molecule has 0 bridgehead atoms. The van der Waals surface area contributed by atoms with Gasteiger partial charge in [-0.05, 0) is 75.1 Å². The molecule has 0 aliphatic carbocycles. The molecule has 200 valence electrons. The summed E-state index contributed by atoms with van der Waals surface area (Å²) in [6.07, 6.45) is 1.49. The Bertz CT molecular complexity index is 1450. The van der Waals surface area contributed by atoms with Gasteiger partial charge in [0.2, 0.25) is 0 Å². The highest BCUT2D eigenvalue weighted by Crippen LogP contribution is 2.37. The second-order valence-corrected chi connectivity index (χ2v) is 9.14. The van der Waals surface area contributed by atoms with E-state index in [1.165, 1.54) is 32.6 Å². The summed E-state index contributed by atoms with van der Waals surface area (Å²) in [7, 11) is 3.04. The third-order valence-corrected chi connectivity index (χ3v) is 6.18. The van der Waals surface area contributed by atoms with Gasteiger partial charge in [0, 0.05) is 5.56 Å². The molecule has 0 saturated carbocycles. The Balaban J connectivity index is 1.38. The Morgan fingerprint density at radius 2 is 1.54 bits per heavy atom. The first-order valence-electron chi connectivity index (χ1n) is 11.9. The molecule has 0 spiro atoms. The molecule has 0 atom stereocenters. The fraction of sp³-hybridized carbons (Fsp3) is 0.133. The lowest BCUT2D eigenvalue weighted by molar-refractivity contribution is 0.0954. The summed E-state index contributed by atoms with van der Waals surface area (Å²) in [5.74, 6) is 1.20. The number of halogens is 2. The number of carbonyl (C=O) groups is 1. The zero-order valence-electron chi connectivity index (χ0n) is 21.3. The van der Waals surface area contributed by atoms with Gasteiger partial charge in [0.15, 0.2) is 23.0 Å². The minimum absolute atomic E-state index is 0.234. The molecular formula is C30H26BrFN2O5. The molecule has 0 fully saturated rings. The fourth-order valence-electron chi connectivity index (χ4n) is 3.58. The molecule has 4 rings (SSSR count). The maximum Gasteiger partial charge on any atom is 0.271 e. The van der Waals surface area contributed by atoms with Crippen molar-refractivity contribution in [1.29, 1.82) is 0 Å². The van der Waals surface area contributed by atoms with Crippen LogP contribution < -0.4 is 24.4 Å². The van der Waals surface area contributed by atoms with Crippen molar-refractivity contribution in [1.82, 2.24) is 5.43 Å². The summed E-state index contributed by atoms with van der Waals surface area (Å²) >= 11 is 3.49. The molecule has 0 heterocycles. The summed E-state index contributed by atoms with van der Waals surface area (Å²) in [4.78, 5) is 12.7. The first-order chi connectivity index (χ1) is 19.0. The van der Waals surface area contributed by atoms with Crippen LogP contribution in [0.4, 0.5) is 4.39 Å². The van der Waals surface area contributed by atoms with Crippen LogP contribution in [0.5, 0.6) is 23.0 Å². The van der Waals surface area contributed by atoms with E-state index in [-0.39, 0.29) is 12.4 Å². The highest BCUT2D eigenvalue weighted by atomic mass is 79.9. The molecule has 0 unspecified atom stereocenters. The van der Waals surface area contributed by atoms with Crippen LogP contribution in [-0.2, 0) is 13.2 Å². The van der Waals surface area contributed by atoms with Gasteiger partial charge in [0.25, 0.3) is 5.91 Å². The smallest absolute Gasteiger partial charge is 0.271 e. The third-order valence-electron chi connectivity index (χ3n) is 5.59. The van der Waals surface area contributed by atoms with Crippen LogP contribution >= 0.6 is 15.9 Å². The van der Waals surface area contributed by atoms with Crippen molar-refractivity contribution in [2.75, 3.05) is 14.2 Å². The van der Waals surface area contributed by atoms with E-state index in [4.69, 9.17) is 18.9 Å². The van der Waals surface area contributed by atoms with Crippen LogP contribution in [-0.4, -0.2) is 26.3 Å². The van der Waals surface area contributed by atoms with Gasteiger partial charge in [0.1, 0.15) is 19.0 Å². The monoisotopic (exact) mass is 592 g/mol. The van der Waals surface area contributed by atoms with E-state index in [1.54, 1.807) is 42.5 Å². The van der Waals surface area contributed by atoms with E-state index < -0.39 is 5.91 Å². The predicted octanol–water partition coefficient (Wildman–Crippen LogP) is 6.53. The number of hydrazone groups is 1. The number of carbonyl (C=O) groups excluding carboxylic acids is 1. The topological polar surface area (TPSA) is 78.4 Å². The van der Waals surface area contributed by atoms with Crippen molar-refractivity contribution in [3.05, 3.63) is 117 Å². The Morgan fingerprint density at radius 3 is 2.26 bits per heavy atom. The van der Waals surface area contributed by atoms with Crippen LogP contribution in [0.3, 0.4) is 0 Å². The zero-order chi connectivity index (χ0) is 27.6. The van der Waals surface area contributed by atoms with Gasteiger partial charge in [-0.1, -0.05) is 42.5 Å². The minimum Gasteiger partial charge on any atom is -0.493 e. The lowest BCUT2D eigenvalue weighted by Crippen LogP contribution is -2.17. The predicted molar refractivity (Wildman–Crippen MR) is 150 cm³/mol. The zero-order valence-corrected chi connectivity index (χ0v) is 22.9. The normalized spacial score (nSPS) is 10.8. The van der Waals surface area contributed by atoms with Gasteiger partial charge < -0.3 is 18.9 Å². The standard InChI is InChI=1S/C30H26BrFN2O5/c1-36-27-16-23(10-13-26(27)38-18-20-6-4-3-5-7-20)30(35)34-33-17-22-14-25(31)29(28(15-22)37-2)39-19-21-8-11-24(32)12-9-21/h3-17H,18-19H2,1-2H3,(H,34,35)/b33-17+. The lowest BCUT2D eigenvalue weighted by Gasteiger charge is -2.13. The number of nitrogens with one attached hydrogen (secondary N) is 1. The summed E-state index contributed by atoms with van der Waals surface area (Å²) in [5, 5.41) is 4.07. The number of ether oxygens (including phenoxy) is 4. The van der Waals surface area contributed by atoms with Crippen LogP contribution in [0.15, 0.2) is 94.5 Å². The van der Waals surface area contributed by atoms with Crippen molar-refractivity contribution in [2.45, 2.75) is 13.2 Å². The number of nitrogens with zero attached hydrogens (tertiary/aromatic N) is 1. The number of hydrogen-bond acceptors (Lipinski definition) is 6. The largest absolute Gasteiger partial charge is 0.493 e. The van der Waals surface area contributed by atoms with Gasteiger partial charge in [-0.2, -0.15) is 5.10 Å². The molecule has 9 heteroatoms. The van der Waals surface area contributed by atoms with E-state index in [2.05, 4.69) is 26.5 Å². The van der Waals surface area contributed by atoms with Crippen LogP contribution in [0.1, 0.15) is 27.0 Å². The van der Waals surface area contributed by atoms with Gasteiger partial charge in [0.05, 0.1) is 24.9 Å². The molecule has 0 aliphatic rings. The van der Waals surface area contributed by atoms with Crippen LogP contribution in [0.25, 0.3) is 0 Å². The molecule has 4 aromatic rings. The molecule has 0 aliphatic heterocycles. The second kappa shape index (κ2) is 13.4. The van der Waals surface area contributed by atoms with Crippen molar-refractivity contribution in [3.63, 3.8) is 0 Å². The van der Waals surface area contributed by atoms with E-state index >= 15 is 0 Å². The Hall–Kier alpha value is -4.37. The second-order valence-electron chi connectivity index (χ2n) is 8.29. The quantitative estimate of drug-likeness (QED) is 0.158. The van der Waals surface area contributed by atoms with E-state index in [0.29, 0.717) is 45.2 Å². The first-order valence-corrected chi connectivity index (χ1v) is 12.7. The summed E-state index contributed by atoms with van der Waals surface area (Å²) in [6, 6.07) is 24.2. The van der Waals surface area contributed by atoms with Crippen molar-refractivity contribution < 1.29 is 28.1 Å². The molecule has 0 saturated heterocycles. The van der Waals surface area contributed by atoms with Crippen molar-refractivity contribution >= 4 is 28.1 Å². The van der Waals surface area contributed by atoms with Gasteiger partial charge in [-0.25, -0.2) is 9.82 Å². The summed E-state index contributed by atoms with van der Waals surface area (Å²) in [5.41, 5.74) is 5.37. The number of benzene rings is 4. The minimum atomic E-state index is -0.413. The van der Waals surface area contributed by atoms with Gasteiger partial charge in [-0.15, -0.1) is 0 Å². The van der Waals surface area contributed by atoms with E-state index in [0.717, 1.165) is 11.1 Å². The number of hydrogen-bond donors (Lipinski definition) is 1. The number of methoxy groups -OCH3 is 2. The van der Waals surface area contributed by atoms with Gasteiger partial charge >= 0.3 is 0 Å². The van der Waals surface area contributed by atoms with E-state index in [9.17, 15) is 9.18 Å². The average molecular weight is 593 g/mol. The van der Waals surface area contributed by atoms with Crippen molar-refractivity contribution in [3.8, 4) is 23.0 Å². The lowest BCUT2D eigenvalue weighted by atomic mass is 10.2. The number of rotatable bonds is 11. The van der Waals surface area contributed by atoms with Gasteiger partial charge in [-0.3, -0.25) is 4.79 Å². The molecule has 7 nitrogen and oxygen atoms in total. The maximum absolute atomic E-state index is 13.1. The molecule has 1 N–H and O–H groups in total. The van der Waals surface area contributed by atoms with E-state index in [1.807, 2.05) is 30.3 Å². The molecule has 39 heavy (non-hydrogen) atoms. The summed E-state index contributed by atoms with van der Waals surface area (Å²) < 4.78 is 36.4. The van der Waals surface area contributed by atoms with Crippen LogP contribution in [0, 0.1) is 5.82 Å². The highest BCUT2D eigenvalue weighted by molar-refractivity contribution is 9.10. The maximum atomic E-state index is 13.1. The number of amides is 1.